The number of halogens is 1. The van der Waals surface area contributed by atoms with Crippen LogP contribution in [0.1, 0.15) is 21.5 Å². The lowest BCUT2D eigenvalue weighted by Crippen LogP contribution is -2.26. The number of carbonyl (C=O) groups excluding carboxylic acids is 1. The van der Waals surface area contributed by atoms with Gasteiger partial charge in [-0.3, -0.25) is 4.79 Å². The van der Waals surface area contributed by atoms with Gasteiger partial charge in [-0.05, 0) is 61.0 Å². The summed E-state index contributed by atoms with van der Waals surface area (Å²) >= 11 is 3.47. The van der Waals surface area contributed by atoms with Gasteiger partial charge in [0.2, 0.25) is 11.8 Å². The van der Waals surface area contributed by atoms with Gasteiger partial charge in [-0.1, -0.05) is 34.1 Å². The predicted octanol–water partition coefficient (Wildman–Crippen LogP) is 5.76. The van der Waals surface area contributed by atoms with Crippen molar-refractivity contribution >= 4 is 21.8 Å². The Balaban J connectivity index is 1.50. The van der Waals surface area contributed by atoms with Crippen LogP contribution < -0.4 is 4.74 Å². The molecule has 0 saturated heterocycles. The van der Waals surface area contributed by atoms with Crippen LogP contribution in [0.25, 0.3) is 22.9 Å². The summed E-state index contributed by atoms with van der Waals surface area (Å²) in [6.45, 7) is 2.42. The Morgan fingerprint density at radius 3 is 2.47 bits per heavy atom. The third-order valence-electron chi connectivity index (χ3n) is 5.18. The molecule has 1 aromatic heterocycles. The molecule has 32 heavy (non-hydrogen) atoms. The summed E-state index contributed by atoms with van der Waals surface area (Å²) in [6, 6.07) is 20.8. The van der Waals surface area contributed by atoms with E-state index in [9.17, 15) is 4.79 Å². The summed E-state index contributed by atoms with van der Waals surface area (Å²) in [5, 5.41) is 8.34. The Labute approximate surface area is 195 Å². The van der Waals surface area contributed by atoms with E-state index in [1.165, 1.54) is 0 Å². The van der Waals surface area contributed by atoms with Gasteiger partial charge in [-0.2, -0.15) is 0 Å². The molecule has 162 valence electrons. The molecule has 3 aromatic carbocycles. The molecule has 6 nitrogen and oxygen atoms in total. The smallest absolute Gasteiger partial charge is 0.253 e. The van der Waals surface area contributed by atoms with Crippen LogP contribution in [0.2, 0.25) is 0 Å². The van der Waals surface area contributed by atoms with Gasteiger partial charge in [0.15, 0.2) is 0 Å². The van der Waals surface area contributed by atoms with Gasteiger partial charge in [0.1, 0.15) is 5.75 Å². The molecular weight excluding hydrogens is 470 g/mol. The highest BCUT2D eigenvalue weighted by Gasteiger charge is 2.16. The van der Waals surface area contributed by atoms with Crippen molar-refractivity contribution in [3.05, 3.63) is 87.9 Å². The number of methoxy groups -OCH3 is 1. The number of aromatic nitrogens is 2. The second kappa shape index (κ2) is 9.36. The number of aryl methyl sites for hydroxylation is 1. The number of nitrogens with zero attached hydrogens (tertiary/aromatic N) is 3. The monoisotopic (exact) mass is 491 g/mol. The second-order valence-corrected chi connectivity index (χ2v) is 8.34. The Bertz CT molecular complexity index is 1250. The number of ether oxygens (including phenoxy) is 1. The summed E-state index contributed by atoms with van der Waals surface area (Å²) in [5.41, 5.74) is 4.22. The van der Waals surface area contributed by atoms with E-state index in [0.717, 1.165) is 32.5 Å². The minimum Gasteiger partial charge on any atom is -0.496 e. The molecule has 0 N–H and O–H groups in total. The van der Waals surface area contributed by atoms with Crippen molar-refractivity contribution < 1.29 is 13.9 Å². The first-order valence-corrected chi connectivity index (χ1v) is 10.8. The summed E-state index contributed by atoms with van der Waals surface area (Å²) in [4.78, 5) is 14.6. The average Bonchev–Trinajstić information content (AvgIpc) is 3.29. The molecule has 0 fully saturated rings. The van der Waals surface area contributed by atoms with Crippen molar-refractivity contribution in [2.45, 2.75) is 13.5 Å². The molecule has 1 amide bonds. The lowest BCUT2D eigenvalue weighted by molar-refractivity contribution is 0.0784. The molecule has 7 heteroatoms. The molecule has 0 aliphatic carbocycles. The van der Waals surface area contributed by atoms with Crippen LogP contribution >= 0.6 is 15.9 Å². The maximum absolute atomic E-state index is 12.9. The van der Waals surface area contributed by atoms with Gasteiger partial charge < -0.3 is 14.1 Å². The maximum Gasteiger partial charge on any atom is 0.253 e. The van der Waals surface area contributed by atoms with Crippen molar-refractivity contribution in [1.82, 2.24) is 15.1 Å². The molecule has 0 radical (unpaired) electrons. The SMILES string of the molecule is COc1ccc(Br)cc1CN(C)C(=O)c1ccc(-c2nnc(-c3ccccc3C)o2)cc1. The third-order valence-corrected chi connectivity index (χ3v) is 5.67. The highest BCUT2D eigenvalue weighted by atomic mass is 79.9. The Morgan fingerprint density at radius 2 is 1.75 bits per heavy atom. The van der Waals surface area contributed by atoms with Crippen LogP contribution in [0.4, 0.5) is 0 Å². The van der Waals surface area contributed by atoms with E-state index in [1.54, 1.807) is 31.2 Å². The summed E-state index contributed by atoms with van der Waals surface area (Å²) in [7, 11) is 3.39. The number of rotatable bonds is 6. The molecule has 0 aliphatic heterocycles. The van der Waals surface area contributed by atoms with Crippen LogP contribution in [0, 0.1) is 6.92 Å². The molecule has 0 bridgehead atoms. The van der Waals surface area contributed by atoms with E-state index in [2.05, 4.69) is 26.1 Å². The average molecular weight is 492 g/mol. The molecular formula is C25H22BrN3O3. The zero-order valence-electron chi connectivity index (χ0n) is 18.0. The maximum atomic E-state index is 12.9. The number of carbonyl (C=O) groups is 1. The molecule has 0 aliphatic rings. The third kappa shape index (κ3) is 4.57. The topological polar surface area (TPSA) is 68.5 Å². The first-order chi connectivity index (χ1) is 15.5. The summed E-state index contributed by atoms with van der Waals surface area (Å²) < 4.78 is 12.2. The van der Waals surface area contributed by atoms with Crippen LogP contribution in [-0.4, -0.2) is 35.2 Å². The predicted molar refractivity (Wildman–Crippen MR) is 126 cm³/mol. The van der Waals surface area contributed by atoms with Crippen molar-refractivity contribution in [3.63, 3.8) is 0 Å². The minimum atomic E-state index is -0.0929. The molecule has 0 unspecified atom stereocenters. The zero-order chi connectivity index (χ0) is 22.7. The van der Waals surface area contributed by atoms with E-state index in [0.29, 0.717) is 23.9 Å². The van der Waals surface area contributed by atoms with Crippen LogP contribution in [0.3, 0.4) is 0 Å². The van der Waals surface area contributed by atoms with Crippen LogP contribution in [-0.2, 0) is 6.54 Å². The number of hydrogen-bond donors (Lipinski definition) is 0. The number of hydrogen-bond acceptors (Lipinski definition) is 5. The summed E-state index contributed by atoms with van der Waals surface area (Å²) in [5.74, 6) is 1.53. The molecule has 0 saturated carbocycles. The molecule has 4 aromatic rings. The van der Waals surface area contributed by atoms with Crippen molar-refractivity contribution in [2.24, 2.45) is 0 Å². The Morgan fingerprint density at radius 1 is 1.03 bits per heavy atom. The second-order valence-electron chi connectivity index (χ2n) is 7.42. The number of amides is 1. The van der Waals surface area contributed by atoms with Gasteiger partial charge in [0.25, 0.3) is 5.91 Å². The molecule has 1 heterocycles. The largest absolute Gasteiger partial charge is 0.496 e. The van der Waals surface area contributed by atoms with E-state index >= 15 is 0 Å². The highest BCUT2D eigenvalue weighted by molar-refractivity contribution is 9.10. The van der Waals surface area contributed by atoms with Gasteiger partial charge in [0, 0.05) is 40.3 Å². The molecule has 4 rings (SSSR count). The van der Waals surface area contributed by atoms with Gasteiger partial charge in [0.05, 0.1) is 7.11 Å². The fraction of sp³-hybridized carbons (Fsp3) is 0.160. The standard InChI is InChI=1S/C25H22BrN3O3/c1-16-6-4-5-7-21(16)24-28-27-23(32-24)17-8-10-18(11-9-17)25(30)29(2)15-19-14-20(26)12-13-22(19)31-3/h4-14H,15H2,1-3H3. The molecule has 0 spiro atoms. The van der Waals surface area contributed by atoms with Crippen molar-refractivity contribution in [1.29, 1.82) is 0 Å². The zero-order valence-corrected chi connectivity index (χ0v) is 19.6. The van der Waals surface area contributed by atoms with Crippen LogP contribution in [0.5, 0.6) is 5.75 Å². The lowest BCUT2D eigenvalue weighted by atomic mass is 10.1. The fourth-order valence-corrected chi connectivity index (χ4v) is 3.84. The van der Waals surface area contributed by atoms with Gasteiger partial charge in [-0.15, -0.1) is 10.2 Å². The van der Waals surface area contributed by atoms with E-state index < -0.39 is 0 Å². The quantitative estimate of drug-likeness (QED) is 0.343. The highest BCUT2D eigenvalue weighted by Crippen LogP contribution is 2.27. The Kier molecular flexibility index (Phi) is 6.37. The normalized spacial score (nSPS) is 10.8. The van der Waals surface area contributed by atoms with E-state index in [4.69, 9.17) is 9.15 Å². The van der Waals surface area contributed by atoms with Gasteiger partial charge in [-0.25, -0.2) is 0 Å². The van der Waals surface area contributed by atoms with Crippen molar-refractivity contribution in [3.8, 4) is 28.7 Å². The molecule has 0 atom stereocenters. The Hall–Kier alpha value is -3.45. The van der Waals surface area contributed by atoms with E-state index in [-0.39, 0.29) is 5.91 Å². The summed E-state index contributed by atoms with van der Waals surface area (Å²) in [6.07, 6.45) is 0. The van der Waals surface area contributed by atoms with Crippen LogP contribution in [0.15, 0.2) is 75.6 Å². The number of benzene rings is 3. The fourth-order valence-electron chi connectivity index (χ4n) is 3.44. The van der Waals surface area contributed by atoms with Crippen molar-refractivity contribution in [2.75, 3.05) is 14.2 Å². The minimum absolute atomic E-state index is 0.0929. The van der Waals surface area contributed by atoms with E-state index in [1.807, 2.05) is 61.5 Å². The van der Waals surface area contributed by atoms with Gasteiger partial charge >= 0.3 is 0 Å². The lowest BCUT2D eigenvalue weighted by Gasteiger charge is -2.19. The first-order valence-electron chi connectivity index (χ1n) is 10.0. The first kappa shape index (κ1) is 21.8.